The molecule has 138 valence electrons. The number of anilines is 1. The quantitative estimate of drug-likeness (QED) is 0.821. The number of aromatic nitrogens is 1. The van der Waals surface area contributed by atoms with E-state index in [0.717, 1.165) is 5.56 Å². The fourth-order valence-electron chi connectivity index (χ4n) is 4.06. The predicted octanol–water partition coefficient (Wildman–Crippen LogP) is 0.746. The van der Waals surface area contributed by atoms with Gasteiger partial charge in [-0.1, -0.05) is 6.92 Å². The average Bonchev–Trinajstić information content (AvgIpc) is 2.90. The molecule has 0 aliphatic carbocycles. The van der Waals surface area contributed by atoms with Crippen LogP contribution in [0.15, 0.2) is 17.1 Å². The van der Waals surface area contributed by atoms with Gasteiger partial charge in [0.15, 0.2) is 0 Å². The van der Waals surface area contributed by atoms with Gasteiger partial charge in [-0.2, -0.15) is 0 Å². The maximum Gasteiger partial charge on any atom is 0.341 e. The number of benzene rings is 1. The van der Waals surface area contributed by atoms with Gasteiger partial charge in [0.2, 0.25) is 5.43 Å². The molecule has 2 atom stereocenters. The Balaban J connectivity index is 2.04. The normalized spacial score (nSPS) is 22.3. The highest BCUT2D eigenvalue weighted by Crippen LogP contribution is 2.36. The van der Waals surface area contributed by atoms with Crippen molar-refractivity contribution < 1.29 is 14.3 Å². The summed E-state index contributed by atoms with van der Waals surface area (Å²) in [5, 5.41) is 11.3. The van der Waals surface area contributed by atoms with Crippen LogP contribution in [0.3, 0.4) is 0 Å². The van der Waals surface area contributed by atoms with Crippen LogP contribution in [0.2, 0.25) is 0 Å². The van der Waals surface area contributed by atoms with Crippen molar-refractivity contribution in [2.75, 3.05) is 36.6 Å². The van der Waals surface area contributed by atoms with Gasteiger partial charge in [0, 0.05) is 44.5 Å². The average molecular weight is 360 g/mol. The summed E-state index contributed by atoms with van der Waals surface area (Å²) >= 11 is 0. The van der Waals surface area contributed by atoms with E-state index in [0.29, 0.717) is 37.3 Å². The van der Waals surface area contributed by atoms with Crippen LogP contribution in [0.25, 0.3) is 10.9 Å². The molecule has 0 amide bonds. The molecule has 3 heterocycles. The Hall–Kier alpha value is -2.61. The Kier molecular flexibility index (Phi) is 3.69. The minimum absolute atomic E-state index is 0.0276. The first-order valence-corrected chi connectivity index (χ1v) is 8.65. The van der Waals surface area contributed by atoms with Crippen molar-refractivity contribution in [1.82, 2.24) is 4.68 Å². The van der Waals surface area contributed by atoms with Gasteiger partial charge >= 0.3 is 5.97 Å². The van der Waals surface area contributed by atoms with Gasteiger partial charge in [-0.25, -0.2) is 9.18 Å². The lowest BCUT2D eigenvalue weighted by Crippen LogP contribution is -2.39. The van der Waals surface area contributed by atoms with Crippen LogP contribution in [0, 0.1) is 11.7 Å². The largest absolute Gasteiger partial charge is 0.477 e. The fourth-order valence-corrected chi connectivity index (χ4v) is 4.06. The molecule has 26 heavy (non-hydrogen) atoms. The second-order valence-electron chi connectivity index (χ2n) is 7.28. The van der Waals surface area contributed by atoms with E-state index in [1.165, 1.54) is 12.3 Å². The number of rotatable bonds is 2. The molecule has 3 N–H and O–H groups in total. The first-order valence-electron chi connectivity index (χ1n) is 8.65. The van der Waals surface area contributed by atoms with E-state index in [1.807, 2.05) is 23.9 Å². The molecule has 1 saturated heterocycles. The molecule has 7 nitrogen and oxygen atoms in total. The van der Waals surface area contributed by atoms with Crippen LogP contribution in [0.5, 0.6) is 0 Å². The Labute approximate surface area is 149 Å². The molecular weight excluding hydrogens is 339 g/mol. The van der Waals surface area contributed by atoms with Crippen LogP contribution < -0.4 is 21.1 Å². The lowest BCUT2D eigenvalue weighted by atomic mass is 9.99. The molecular formula is C18H21FN4O3. The van der Waals surface area contributed by atoms with E-state index in [2.05, 4.69) is 0 Å². The van der Waals surface area contributed by atoms with Crippen LogP contribution in [-0.2, 0) is 6.42 Å². The summed E-state index contributed by atoms with van der Waals surface area (Å²) in [6, 6.07) is 1.15. The van der Waals surface area contributed by atoms with Crippen molar-refractivity contribution in [1.29, 1.82) is 0 Å². The van der Waals surface area contributed by atoms with Gasteiger partial charge in [0.05, 0.1) is 16.6 Å². The zero-order valence-electron chi connectivity index (χ0n) is 14.7. The number of nitrogens with zero attached hydrogens (tertiary/aromatic N) is 3. The summed E-state index contributed by atoms with van der Waals surface area (Å²) in [4.78, 5) is 26.0. The highest BCUT2D eigenvalue weighted by molar-refractivity contribution is 5.95. The Morgan fingerprint density at radius 1 is 1.38 bits per heavy atom. The molecule has 1 aromatic heterocycles. The first-order chi connectivity index (χ1) is 12.3. The van der Waals surface area contributed by atoms with Crippen molar-refractivity contribution in [3.8, 4) is 0 Å². The lowest BCUT2D eigenvalue weighted by molar-refractivity contribution is 0.0695. The second-order valence-corrected chi connectivity index (χ2v) is 7.28. The minimum Gasteiger partial charge on any atom is -0.477 e. The van der Waals surface area contributed by atoms with Crippen molar-refractivity contribution in [2.45, 2.75) is 19.4 Å². The number of aromatic carboxylic acids is 1. The molecule has 0 radical (unpaired) electrons. The molecule has 0 bridgehead atoms. The molecule has 0 unspecified atom stereocenters. The monoisotopic (exact) mass is 360 g/mol. The van der Waals surface area contributed by atoms with Crippen LogP contribution in [0.1, 0.15) is 22.8 Å². The predicted molar refractivity (Wildman–Crippen MR) is 97.2 cm³/mol. The first kappa shape index (κ1) is 16.8. The van der Waals surface area contributed by atoms with Crippen LogP contribution in [-0.4, -0.2) is 48.5 Å². The van der Waals surface area contributed by atoms with Gasteiger partial charge in [-0.15, -0.1) is 0 Å². The number of pyridine rings is 1. The molecule has 4 rings (SSSR count). The second kappa shape index (κ2) is 5.70. The van der Waals surface area contributed by atoms with E-state index < -0.39 is 17.2 Å². The molecule has 0 saturated carbocycles. The molecule has 2 aliphatic heterocycles. The lowest BCUT2D eigenvalue weighted by Gasteiger charge is -2.33. The summed E-state index contributed by atoms with van der Waals surface area (Å²) < 4.78 is 16.7. The van der Waals surface area contributed by atoms with Gasteiger partial charge < -0.3 is 20.7 Å². The molecule has 2 aliphatic rings. The zero-order valence-corrected chi connectivity index (χ0v) is 14.7. The summed E-state index contributed by atoms with van der Waals surface area (Å²) in [6.07, 6.45) is 1.90. The standard InChI is InChI=1S/C18H21FN4O3/c1-9-6-22(8-14(9)20)16-10-3-4-21(2)23-7-12(18(25)26)17(24)11(15(10)23)5-13(16)19/h5,7,9,14H,3-4,6,8,20H2,1-2H3,(H,25,26)/t9-,14+/m1/s1. The van der Waals surface area contributed by atoms with Crippen molar-refractivity contribution >= 4 is 22.6 Å². The number of carboxylic acids is 1. The minimum atomic E-state index is -1.31. The summed E-state index contributed by atoms with van der Waals surface area (Å²) in [5.74, 6) is -1.56. The summed E-state index contributed by atoms with van der Waals surface area (Å²) in [6.45, 7) is 3.85. The molecule has 1 aromatic carbocycles. The highest BCUT2D eigenvalue weighted by atomic mass is 19.1. The maximum atomic E-state index is 15.0. The molecule has 0 spiro atoms. The number of halogens is 1. The van der Waals surface area contributed by atoms with Crippen LogP contribution >= 0.6 is 0 Å². The van der Waals surface area contributed by atoms with E-state index in [9.17, 15) is 14.7 Å². The molecule has 2 aromatic rings. The van der Waals surface area contributed by atoms with Crippen LogP contribution in [0.4, 0.5) is 10.1 Å². The van der Waals surface area contributed by atoms with Crippen molar-refractivity contribution in [2.24, 2.45) is 11.7 Å². The number of likely N-dealkylation sites (N-methyl/N-ethyl adjacent to an activating group) is 1. The van der Waals surface area contributed by atoms with Gasteiger partial charge in [0.1, 0.15) is 11.4 Å². The Bertz CT molecular complexity index is 977. The van der Waals surface area contributed by atoms with Gasteiger partial charge in [-0.3, -0.25) is 9.47 Å². The number of hydrogen-bond acceptors (Lipinski definition) is 5. The Morgan fingerprint density at radius 3 is 2.73 bits per heavy atom. The zero-order chi connectivity index (χ0) is 18.7. The highest BCUT2D eigenvalue weighted by Gasteiger charge is 2.33. The van der Waals surface area contributed by atoms with E-state index >= 15 is 4.39 Å². The Morgan fingerprint density at radius 2 is 2.12 bits per heavy atom. The third-order valence-electron chi connectivity index (χ3n) is 5.56. The van der Waals surface area contributed by atoms with E-state index in [1.54, 1.807) is 4.68 Å². The van der Waals surface area contributed by atoms with Crippen molar-refractivity contribution in [3.63, 3.8) is 0 Å². The molecule has 8 heteroatoms. The van der Waals surface area contributed by atoms with E-state index in [-0.39, 0.29) is 22.9 Å². The number of carbonyl (C=O) groups is 1. The summed E-state index contributed by atoms with van der Waals surface area (Å²) in [5.41, 5.74) is 6.91. The topological polar surface area (TPSA) is 91.8 Å². The van der Waals surface area contributed by atoms with Gasteiger partial charge in [-0.05, 0) is 18.4 Å². The summed E-state index contributed by atoms with van der Waals surface area (Å²) in [7, 11) is 1.81. The maximum absolute atomic E-state index is 15.0. The van der Waals surface area contributed by atoms with Crippen molar-refractivity contribution in [3.05, 3.63) is 39.4 Å². The number of carboxylic acid groups (broad SMARTS) is 1. The SMILES string of the molecule is C[C@@H]1CN(c2c(F)cc3c(=O)c(C(=O)O)cn4c3c2CCN4C)C[C@@H]1N. The fraction of sp³-hybridized carbons (Fsp3) is 0.444. The van der Waals surface area contributed by atoms with E-state index in [4.69, 9.17) is 5.73 Å². The molecule has 1 fully saturated rings. The third-order valence-corrected chi connectivity index (χ3v) is 5.56. The third kappa shape index (κ3) is 2.28. The smallest absolute Gasteiger partial charge is 0.341 e. The number of hydrogen-bond donors (Lipinski definition) is 2. The van der Waals surface area contributed by atoms with Gasteiger partial charge in [0.25, 0.3) is 0 Å². The number of nitrogens with two attached hydrogens (primary N) is 1.